The summed E-state index contributed by atoms with van der Waals surface area (Å²) in [4.78, 5) is 1.46. The Morgan fingerprint density at radius 2 is 2.47 bits per heavy atom. The molecule has 0 aliphatic heterocycles. The minimum Gasteiger partial charge on any atom is -0.306 e. The Morgan fingerprint density at radius 1 is 1.53 bits per heavy atom. The Balaban J connectivity index is 1.60. The summed E-state index contributed by atoms with van der Waals surface area (Å²) < 4.78 is 0. The van der Waals surface area contributed by atoms with Crippen LogP contribution < -0.4 is 5.32 Å². The standard InChI is InChI=1S/C13H17NS/c1-9(13-6-3-7-15-13)14-12-8-10-4-2-5-11(10)12/h2-3,5-7,9-12,14H,4,8H2,1H3/t9-,10?,11?,12?/m0/s1. The van der Waals surface area contributed by atoms with E-state index < -0.39 is 0 Å². The molecule has 0 radical (unpaired) electrons. The predicted octanol–water partition coefficient (Wildman–Crippen LogP) is 3.36. The predicted molar refractivity (Wildman–Crippen MR) is 65.0 cm³/mol. The molecular formula is C13H17NS. The van der Waals surface area contributed by atoms with Gasteiger partial charge in [-0.1, -0.05) is 18.2 Å². The molecule has 3 rings (SSSR count). The van der Waals surface area contributed by atoms with Crippen molar-refractivity contribution in [3.63, 3.8) is 0 Å². The van der Waals surface area contributed by atoms with E-state index in [1.54, 1.807) is 0 Å². The van der Waals surface area contributed by atoms with Crippen LogP contribution in [0.3, 0.4) is 0 Å². The minimum atomic E-state index is 0.518. The van der Waals surface area contributed by atoms with Gasteiger partial charge in [-0.05, 0) is 43.0 Å². The summed E-state index contributed by atoms with van der Waals surface area (Å²) in [7, 11) is 0. The highest BCUT2D eigenvalue weighted by Gasteiger charge is 2.41. The van der Waals surface area contributed by atoms with Gasteiger partial charge in [-0.25, -0.2) is 0 Å². The van der Waals surface area contributed by atoms with Gasteiger partial charge in [0.1, 0.15) is 0 Å². The smallest absolute Gasteiger partial charge is 0.0388 e. The van der Waals surface area contributed by atoms with Crippen LogP contribution in [0.4, 0.5) is 0 Å². The summed E-state index contributed by atoms with van der Waals surface area (Å²) in [5.74, 6) is 1.78. The van der Waals surface area contributed by atoms with Crippen molar-refractivity contribution >= 4 is 11.3 Å². The first-order chi connectivity index (χ1) is 7.34. The second kappa shape index (κ2) is 3.76. The Hall–Kier alpha value is -0.600. The number of hydrogen-bond donors (Lipinski definition) is 1. The van der Waals surface area contributed by atoms with Gasteiger partial charge in [-0.15, -0.1) is 11.3 Å². The molecule has 0 amide bonds. The van der Waals surface area contributed by atoms with Crippen LogP contribution >= 0.6 is 11.3 Å². The third-order valence-electron chi connectivity index (χ3n) is 3.80. The second-order valence-corrected chi connectivity index (χ2v) is 5.73. The van der Waals surface area contributed by atoms with Gasteiger partial charge in [0.25, 0.3) is 0 Å². The van der Waals surface area contributed by atoms with Gasteiger partial charge in [0.2, 0.25) is 0 Å². The Kier molecular flexibility index (Phi) is 2.41. The van der Waals surface area contributed by atoms with Crippen molar-refractivity contribution in [1.29, 1.82) is 0 Å². The van der Waals surface area contributed by atoms with Gasteiger partial charge in [0.05, 0.1) is 0 Å². The first-order valence-corrected chi connectivity index (χ1v) is 6.68. The molecule has 2 aliphatic carbocycles. The lowest BCUT2D eigenvalue weighted by Crippen LogP contribution is -2.48. The molecular weight excluding hydrogens is 202 g/mol. The molecule has 1 aromatic heterocycles. The normalized spacial score (nSPS) is 34.9. The molecule has 80 valence electrons. The number of fused-ring (bicyclic) bond motifs is 1. The van der Waals surface area contributed by atoms with E-state index >= 15 is 0 Å². The maximum Gasteiger partial charge on any atom is 0.0388 e. The molecule has 15 heavy (non-hydrogen) atoms. The Labute approximate surface area is 95.2 Å². The molecule has 4 atom stereocenters. The molecule has 3 unspecified atom stereocenters. The number of nitrogens with one attached hydrogen (secondary N) is 1. The summed E-state index contributed by atoms with van der Waals surface area (Å²) in [5.41, 5.74) is 0. The van der Waals surface area contributed by atoms with E-state index in [0.717, 1.165) is 17.9 Å². The quantitative estimate of drug-likeness (QED) is 0.769. The zero-order chi connectivity index (χ0) is 10.3. The van der Waals surface area contributed by atoms with Crippen LogP contribution in [-0.4, -0.2) is 6.04 Å². The molecule has 2 heteroatoms. The van der Waals surface area contributed by atoms with Gasteiger partial charge in [0.15, 0.2) is 0 Å². The van der Waals surface area contributed by atoms with E-state index in [9.17, 15) is 0 Å². The average molecular weight is 219 g/mol. The van der Waals surface area contributed by atoms with E-state index in [1.807, 2.05) is 11.3 Å². The summed E-state index contributed by atoms with van der Waals surface area (Å²) >= 11 is 1.85. The van der Waals surface area contributed by atoms with Gasteiger partial charge in [-0.2, -0.15) is 0 Å². The van der Waals surface area contributed by atoms with Gasteiger partial charge >= 0.3 is 0 Å². The van der Waals surface area contributed by atoms with E-state index in [-0.39, 0.29) is 0 Å². The number of hydrogen-bond acceptors (Lipinski definition) is 2. The van der Waals surface area contributed by atoms with Crippen LogP contribution in [0.1, 0.15) is 30.7 Å². The average Bonchev–Trinajstić information content (AvgIpc) is 2.82. The largest absolute Gasteiger partial charge is 0.306 e. The molecule has 1 fully saturated rings. The fraction of sp³-hybridized carbons (Fsp3) is 0.538. The lowest BCUT2D eigenvalue weighted by Gasteiger charge is -2.42. The zero-order valence-corrected chi connectivity index (χ0v) is 9.84. The molecule has 1 heterocycles. The summed E-state index contributed by atoms with van der Waals surface area (Å²) in [5, 5.41) is 5.91. The Bertz CT molecular complexity index is 355. The van der Waals surface area contributed by atoms with E-state index in [4.69, 9.17) is 0 Å². The molecule has 0 spiro atoms. The highest BCUT2D eigenvalue weighted by molar-refractivity contribution is 7.10. The third kappa shape index (κ3) is 1.66. The summed E-state index contributed by atoms with van der Waals surface area (Å²) in [6.45, 7) is 2.28. The van der Waals surface area contributed by atoms with Gasteiger partial charge < -0.3 is 5.32 Å². The van der Waals surface area contributed by atoms with Gasteiger partial charge in [0, 0.05) is 17.0 Å². The highest BCUT2D eigenvalue weighted by Crippen LogP contribution is 2.43. The first kappa shape index (κ1) is 9.61. The van der Waals surface area contributed by atoms with Crippen molar-refractivity contribution in [3.8, 4) is 0 Å². The SMILES string of the molecule is C[C@H](NC1CC2CC=CC21)c1cccs1. The van der Waals surface area contributed by atoms with Crippen LogP contribution in [0, 0.1) is 11.8 Å². The second-order valence-electron chi connectivity index (χ2n) is 4.75. The van der Waals surface area contributed by atoms with E-state index in [0.29, 0.717) is 6.04 Å². The maximum atomic E-state index is 3.75. The van der Waals surface area contributed by atoms with Crippen molar-refractivity contribution in [2.45, 2.75) is 31.8 Å². The van der Waals surface area contributed by atoms with Crippen LogP contribution in [0.15, 0.2) is 29.7 Å². The third-order valence-corrected chi connectivity index (χ3v) is 4.85. The summed E-state index contributed by atoms with van der Waals surface area (Å²) in [6.07, 6.45) is 7.45. The molecule has 1 aromatic rings. The highest BCUT2D eigenvalue weighted by atomic mass is 32.1. The number of allylic oxidation sites excluding steroid dienone is 1. The van der Waals surface area contributed by atoms with E-state index in [1.165, 1.54) is 17.7 Å². The molecule has 0 bridgehead atoms. The molecule has 0 aromatic carbocycles. The monoisotopic (exact) mass is 219 g/mol. The fourth-order valence-electron chi connectivity index (χ4n) is 2.85. The lowest BCUT2D eigenvalue weighted by molar-refractivity contribution is 0.153. The molecule has 1 N–H and O–H groups in total. The topological polar surface area (TPSA) is 12.0 Å². The van der Waals surface area contributed by atoms with Gasteiger partial charge in [-0.3, -0.25) is 0 Å². The van der Waals surface area contributed by atoms with Crippen molar-refractivity contribution in [2.24, 2.45) is 11.8 Å². The van der Waals surface area contributed by atoms with Crippen molar-refractivity contribution < 1.29 is 0 Å². The van der Waals surface area contributed by atoms with Crippen LogP contribution in [0.2, 0.25) is 0 Å². The fourth-order valence-corrected chi connectivity index (χ4v) is 3.59. The van der Waals surface area contributed by atoms with Crippen LogP contribution in [0.25, 0.3) is 0 Å². The minimum absolute atomic E-state index is 0.518. The summed E-state index contributed by atoms with van der Waals surface area (Å²) in [6, 6.07) is 5.61. The Morgan fingerprint density at radius 3 is 3.20 bits per heavy atom. The van der Waals surface area contributed by atoms with Crippen molar-refractivity contribution in [2.75, 3.05) is 0 Å². The molecule has 0 saturated heterocycles. The van der Waals surface area contributed by atoms with E-state index in [2.05, 4.69) is 41.9 Å². The number of rotatable bonds is 3. The van der Waals surface area contributed by atoms with Crippen LogP contribution in [0.5, 0.6) is 0 Å². The lowest BCUT2D eigenvalue weighted by atomic mass is 9.71. The number of thiophene rings is 1. The van der Waals surface area contributed by atoms with Crippen LogP contribution in [-0.2, 0) is 0 Å². The molecule has 2 aliphatic rings. The van der Waals surface area contributed by atoms with Crippen molar-refractivity contribution in [1.82, 2.24) is 5.32 Å². The maximum absolute atomic E-state index is 3.75. The molecule has 1 saturated carbocycles. The van der Waals surface area contributed by atoms with Crippen molar-refractivity contribution in [3.05, 3.63) is 34.5 Å². The zero-order valence-electron chi connectivity index (χ0n) is 9.02. The first-order valence-electron chi connectivity index (χ1n) is 5.80. The molecule has 1 nitrogen and oxygen atoms in total.